The number of benzene rings is 2. The van der Waals surface area contributed by atoms with Gasteiger partial charge >= 0.3 is 0 Å². The molecule has 2 heterocycles. The largest absolute Gasteiger partial charge is 0.342 e. The normalized spacial score (nSPS) is 19.6. The van der Waals surface area contributed by atoms with Crippen molar-refractivity contribution in [3.05, 3.63) is 75.0 Å². The molecule has 2 aliphatic rings. The summed E-state index contributed by atoms with van der Waals surface area (Å²) in [7, 11) is 0. The van der Waals surface area contributed by atoms with Gasteiger partial charge in [0.25, 0.3) is 0 Å². The zero-order valence-corrected chi connectivity index (χ0v) is 16.5. The molecule has 3 aromatic rings. The van der Waals surface area contributed by atoms with Crippen LogP contribution in [0.25, 0.3) is 11.4 Å². The van der Waals surface area contributed by atoms with Crippen LogP contribution in [0.15, 0.2) is 42.5 Å². The summed E-state index contributed by atoms with van der Waals surface area (Å²) in [5.74, 6) is 0.887. The second-order valence-corrected chi connectivity index (χ2v) is 8.30. The number of halogens is 2. The maximum absolute atomic E-state index is 6.46. The first kappa shape index (κ1) is 17.3. The van der Waals surface area contributed by atoms with E-state index in [0.717, 1.165) is 60.2 Å². The van der Waals surface area contributed by atoms with Gasteiger partial charge in [0.15, 0.2) is 0 Å². The minimum absolute atomic E-state index is 0.529. The van der Waals surface area contributed by atoms with Gasteiger partial charge in [0.1, 0.15) is 5.82 Å². The quantitative estimate of drug-likeness (QED) is 0.635. The number of H-pyrrole nitrogens is 1. The third kappa shape index (κ3) is 3.18. The van der Waals surface area contributed by atoms with Crippen LogP contribution in [0.1, 0.15) is 28.9 Å². The van der Waals surface area contributed by atoms with Crippen molar-refractivity contribution in [2.45, 2.75) is 38.3 Å². The van der Waals surface area contributed by atoms with Crippen molar-refractivity contribution in [3.8, 4) is 11.4 Å². The number of fused-ring (bicyclic) bond motifs is 2. The summed E-state index contributed by atoms with van der Waals surface area (Å²) in [6, 6.07) is 14.7. The van der Waals surface area contributed by atoms with Gasteiger partial charge in [-0.15, -0.1) is 0 Å². The fourth-order valence-corrected chi connectivity index (χ4v) is 4.91. The van der Waals surface area contributed by atoms with E-state index >= 15 is 0 Å². The monoisotopic (exact) mass is 397 g/mol. The van der Waals surface area contributed by atoms with Gasteiger partial charge in [-0.25, -0.2) is 4.98 Å². The van der Waals surface area contributed by atoms with Crippen molar-refractivity contribution in [1.82, 2.24) is 14.9 Å². The number of aryl methyl sites for hydroxylation is 1. The second kappa shape index (κ2) is 6.97. The molecule has 3 nitrogen and oxygen atoms in total. The highest BCUT2D eigenvalue weighted by atomic mass is 35.5. The summed E-state index contributed by atoms with van der Waals surface area (Å²) < 4.78 is 0. The van der Waals surface area contributed by atoms with Gasteiger partial charge in [0.2, 0.25) is 0 Å². The molecule has 1 aromatic heterocycles. The first-order valence-electron chi connectivity index (χ1n) is 9.52. The van der Waals surface area contributed by atoms with Crippen LogP contribution < -0.4 is 0 Å². The molecular weight excluding hydrogens is 377 g/mol. The van der Waals surface area contributed by atoms with Crippen molar-refractivity contribution in [2.75, 3.05) is 6.54 Å². The van der Waals surface area contributed by atoms with Crippen LogP contribution in [0.2, 0.25) is 10.0 Å². The SMILES string of the molecule is Clc1ccccc1-c1nc2c([nH]1)CC(N1CCc3cccc(Cl)c3C1)CC2. The van der Waals surface area contributed by atoms with Crippen molar-refractivity contribution in [1.29, 1.82) is 0 Å². The van der Waals surface area contributed by atoms with Crippen LogP contribution in [0.5, 0.6) is 0 Å². The molecular formula is C22H21Cl2N3. The van der Waals surface area contributed by atoms with E-state index < -0.39 is 0 Å². The molecule has 0 spiro atoms. The smallest absolute Gasteiger partial charge is 0.139 e. The van der Waals surface area contributed by atoms with E-state index in [0.29, 0.717) is 6.04 Å². The fraction of sp³-hybridized carbons (Fsp3) is 0.318. The Hall–Kier alpha value is -1.81. The maximum atomic E-state index is 6.46. The molecule has 5 heteroatoms. The van der Waals surface area contributed by atoms with Gasteiger partial charge < -0.3 is 4.98 Å². The summed E-state index contributed by atoms with van der Waals surface area (Å²) >= 11 is 12.8. The van der Waals surface area contributed by atoms with E-state index in [-0.39, 0.29) is 0 Å². The van der Waals surface area contributed by atoms with E-state index in [1.807, 2.05) is 30.3 Å². The van der Waals surface area contributed by atoms with E-state index in [1.165, 1.54) is 22.5 Å². The van der Waals surface area contributed by atoms with Gasteiger partial charge in [-0.3, -0.25) is 4.90 Å². The second-order valence-electron chi connectivity index (χ2n) is 7.49. The van der Waals surface area contributed by atoms with Crippen molar-refractivity contribution < 1.29 is 0 Å². The van der Waals surface area contributed by atoms with Gasteiger partial charge in [0.05, 0.1) is 10.7 Å². The number of nitrogens with zero attached hydrogens (tertiary/aromatic N) is 2. The molecule has 1 aliphatic carbocycles. The lowest BCUT2D eigenvalue weighted by molar-refractivity contribution is 0.162. The zero-order valence-electron chi connectivity index (χ0n) is 15.0. The fourth-order valence-electron chi connectivity index (χ4n) is 4.43. The van der Waals surface area contributed by atoms with Crippen LogP contribution in [-0.4, -0.2) is 27.5 Å². The topological polar surface area (TPSA) is 31.9 Å². The van der Waals surface area contributed by atoms with Gasteiger partial charge in [-0.1, -0.05) is 47.5 Å². The van der Waals surface area contributed by atoms with Crippen LogP contribution in [-0.2, 0) is 25.8 Å². The molecule has 0 fully saturated rings. The maximum Gasteiger partial charge on any atom is 0.139 e. The molecule has 5 rings (SSSR count). The third-order valence-electron chi connectivity index (χ3n) is 5.91. The van der Waals surface area contributed by atoms with Gasteiger partial charge in [0, 0.05) is 41.8 Å². The predicted molar refractivity (Wildman–Crippen MR) is 110 cm³/mol. The summed E-state index contributed by atoms with van der Waals surface area (Å²) in [6.45, 7) is 2.04. The van der Waals surface area contributed by atoms with E-state index in [2.05, 4.69) is 22.0 Å². The Morgan fingerprint density at radius 2 is 1.85 bits per heavy atom. The summed E-state index contributed by atoms with van der Waals surface area (Å²) in [5.41, 5.74) is 6.13. The van der Waals surface area contributed by atoms with Crippen molar-refractivity contribution >= 4 is 23.2 Å². The summed E-state index contributed by atoms with van der Waals surface area (Å²) in [5, 5.41) is 1.64. The molecule has 1 N–H and O–H groups in total. The number of imidazole rings is 1. The number of rotatable bonds is 2. The molecule has 0 saturated carbocycles. The molecule has 1 aliphatic heterocycles. The first-order chi connectivity index (χ1) is 13.2. The highest BCUT2D eigenvalue weighted by Gasteiger charge is 2.29. The molecule has 1 atom stereocenters. The molecule has 0 radical (unpaired) electrons. The predicted octanol–water partition coefficient (Wildman–Crippen LogP) is 5.30. The molecule has 138 valence electrons. The Balaban J connectivity index is 1.38. The van der Waals surface area contributed by atoms with Crippen LogP contribution in [0, 0.1) is 0 Å². The zero-order chi connectivity index (χ0) is 18.4. The number of aromatic amines is 1. The number of hydrogen-bond donors (Lipinski definition) is 1. The van der Waals surface area contributed by atoms with Crippen LogP contribution in [0.3, 0.4) is 0 Å². The number of hydrogen-bond acceptors (Lipinski definition) is 2. The molecule has 0 bridgehead atoms. The first-order valence-corrected chi connectivity index (χ1v) is 10.3. The van der Waals surface area contributed by atoms with Crippen LogP contribution >= 0.6 is 23.2 Å². The summed E-state index contributed by atoms with van der Waals surface area (Å²) in [6.07, 6.45) is 4.23. The van der Waals surface area contributed by atoms with Gasteiger partial charge in [-0.2, -0.15) is 0 Å². The standard InChI is InChI=1S/C22H21Cl2N3/c23-18-6-2-1-5-16(18)22-25-20-9-8-15(12-21(20)26-22)27-11-10-14-4-3-7-19(24)17(14)13-27/h1-7,15H,8-13H2,(H,25,26). The minimum atomic E-state index is 0.529. The molecule has 1 unspecified atom stereocenters. The van der Waals surface area contributed by atoms with E-state index in [4.69, 9.17) is 28.2 Å². The highest BCUT2D eigenvalue weighted by Crippen LogP contribution is 2.33. The Morgan fingerprint density at radius 1 is 1.00 bits per heavy atom. The number of nitrogens with one attached hydrogen (secondary N) is 1. The molecule has 0 amide bonds. The van der Waals surface area contributed by atoms with E-state index in [1.54, 1.807) is 0 Å². The summed E-state index contributed by atoms with van der Waals surface area (Å²) in [4.78, 5) is 11.0. The minimum Gasteiger partial charge on any atom is -0.342 e. The highest BCUT2D eigenvalue weighted by molar-refractivity contribution is 6.33. The third-order valence-corrected chi connectivity index (χ3v) is 6.59. The molecule has 0 saturated heterocycles. The Labute approximate surface area is 169 Å². The average Bonchev–Trinajstić information content (AvgIpc) is 3.11. The van der Waals surface area contributed by atoms with Crippen molar-refractivity contribution in [3.63, 3.8) is 0 Å². The lowest BCUT2D eigenvalue weighted by Crippen LogP contribution is -2.42. The Bertz CT molecular complexity index is 995. The van der Waals surface area contributed by atoms with Gasteiger partial charge in [-0.05, 0) is 48.6 Å². The van der Waals surface area contributed by atoms with E-state index in [9.17, 15) is 0 Å². The molecule has 2 aromatic carbocycles. The van der Waals surface area contributed by atoms with Crippen molar-refractivity contribution in [2.24, 2.45) is 0 Å². The molecule has 27 heavy (non-hydrogen) atoms. The lowest BCUT2D eigenvalue weighted by Gasteiger charge is -2.37. The Kier molecular flexibility index (Phi) is 4.47. The number of aromatic nitrogens is 2. The Morgan fingerprint density at radius 3 is 2.74 bits per heavy atom. The van der Waals surface area contributed by atoms with Crippen LogP contribution in [0.4, 0.5) is 0 Å². The average molecular weight is 398 g/mol. The lowest BCUT2D eigenvalue weighted by atomic mass is 9.91.